The van der Waals surface area contributed by atoms with Crippen LogP contribution < -0.4 is 5.32 Å². The molecule has 1 aromatic heterocycles. The average molecular weight is 245 g/mol. The second kappa shape index (κ2) is 6.25. The average Bonchev–Trinajstić information content (AvgIpc) is 2.39. The van der Waals surface area contributed by atoms with Crippen molar-refractivity contribution in [3.63, 3.8) is 0 Å². The molecule has 2 rings (SSSR count). The summed E-state index contributed by atoms with van der Waals surface area (Å²) in [5.74, 6) is 1.08. The highest BCUT2D eigenvalue weighted by Crippen LogP contribution is 2.26. The van der Waals surface area contributed by atoms with E-state index in [1.807, 2.05) is 23.9 Å². The second-order valence-corrected chi connectivity index (χ2v) is 4.79. The van der Waals surface area contributed by atoms with Gasteiger partial charge in [0.25, 0.3) is 0 Å². The number of rotatable bonds is 5. The van der Waals surface area contributed by atoms with Crippen LogP contribution in [0.4, 0.5) is 5.69 Å². The Morgan fingerprint density at radius 1 is 1.24 bits per heavy atom. The zero-order chi connectivity index (χ0) is 11.9. The summed E-state index contributed by atoms with van der Waals surface area (Å²) < 4.78 is 0. The summed E-state index contributed by atoms with van der Waals surface area (Å²) in [6.07, 6.45) is 3.33. The van der Waals surface area contributed by atoms with E-state index < -0.39 is 0 Å². The van der Waals surface area contributed by atoms with Crippen molar-refractivity contribution in [3.8, 4) is 0 Å². The van der Waals surface area contributed by atoms with Gasteiger partial charge in [-0.25, -0.2) is 9.97 Å². The Morgan fingerprint density at radius 3 is 2.88 bits per heavy atom. The third-order valence-electron chi connectivity index (χ3n) is 2.29. The lowest BCUT2D eigenvalue weighted by Crippen LogP contribution is -2.02. The van der Waals surface area contributed by atoms with Crippen molar-refractivity contribution < 1.29 is 0 Å². The number of nitrogens with one attached hydrogen (secondary N) is 1. The van der Waals surface area contributed by atoms with Crippen molar-refractivity contribution in [3.05, 3.63) is 48.5 Å². The predicted molar refractivity (Wildman–Crippen MR) is 72.2 cm³/mol. The molecule has 17 heavy (non-hydrogen) atoms. The molecule has 0 radical (unpaired) electrons. The molecule has 0 aliphatic carbocycles. The number of hydrogen-bond acceptors (Lipinski definition) is 4. The van der Waals surface area contributed by atoms with Crippen LogP contribution in [-0.4, -0.2) is 15.7 Å². The zero-order valence-corrected chi connectivity index (χ0v) is 10.6. The molecule has 0 aliphatic heterocycles. The molecule has 3 nitrogen and oxygen atoms in total. The first-order chi connectivity index (χ1) is 8.40. The fourth-order valence-electron chi connectivity index (χ4n) is 1.50. The van der Waals surface area contributed by atoms with E-state index in [0.29, 0.717) is 0 Å². The summed E-state index contributed by atoms with van der Waals surface area (Å²) in [5, 5.41) is 3.40. The van der Waals surface area contributed by atoms with Crippen LogP contribution in [0.15, 0.2) is 47.8 Å². The van der Waals surface area contributed by atoms with Crippen molar-refractivity contribution in [2.75, 3.05) is 11.1 Å². The molecular formula is C13H15N3S. The van der Waals surface area contributed by atoms with Crippen LogP contribution in [0, 0.1) is 0 Å². The normalized spacial score (nSPS) is 10.2. The molecule has 1 heterocycles. The van der Waals surface area contributed by atoms with E-state index in [9.17, 15) is 0 Å². The highest BCUT2D eigenvalue weighted by Gasteiger charge is 2.01. The Labute approximate surface area is 106 Å². The van der Waals surface area contributed by atoms with Crippen LogP contribution in [0.25, 0.3) is 0 Å². The van der Waals surface area contributed by atoms with E-state index in [-0.39, 0.29) is 0 Å². The lowest BCUT2D eigenvalue weighted by Gasteiger charge is -2.10. The third-order valence-corrected chi connectivity index (χ3v) is 3.25. The number of thioether (sulfide) groups is 1. The van der Waals surface area contributed by atoms with Gasteiger partial charge in [-0.15, -0.1) is 11.8 Å². The molecule has 0 fully saturated rings. The number of anilines is 1. The molecule has 4 heteroatoms. The molecule has 1 aromatic carbocycles. The van der Waals surface area contributed by atoms with Crippen LogP contribution in [0.2, 0.25) is 0 Å². The summed E-state index contributed by atoms with van der Waals surface area (Å²) in [7, 11) is 0. The fraction of sp³-hybridized carbons (Fsp3) is 0.231. The molecule has 0 amide bonds. The van der Waals surface area contributed by atoms with Gasteiger partial charge in [0.2, 0.25) is 0 Å². The van der Waals surface area contributed by atoms with Crippen molar-refractivity contribution in [1.29, 1.82) is 0 Å². The van der Waals surface area contributed by atoms with Crippen LogP contribution in [0.1, 0.15) is 12.6 Å². The molecule has 0 unspecified atom stereocenters. The standard InChI is InChI=1S/C13H15N3S/c1-2-17-13-6-4-3-5-12(13)15-9-11-7-8-14-10-16-11/h3-8,10,15H,2,9H2,1H3. The molecule has 1 N–H and O–H groups in total. The van der Waals surface area contributed by atoms with Crippen molar-refractivity contribution in [2.24, 2.45) is 0 Å². The van der Waals surface area contributed by atoms with Gasteiger partial charge in [0.05, 0.1) is 12.2 Å². The summed E-state index contributed by atoms with van der Waals surface area (Å²) in [6, 6.07) is 10.3. The maximum absolute atomic E-state index is 4.19. The van der Waals surface area contributed by atoms with E-state index in [0.717, 1.165) is 23.7 Å². The molecule has 0 aliphatic rings. The van der Waals surface area contributed by atoms with Crippen molar-refractivity contribution >= 4 is 17.4 Å². The van der Waals surface area contributed by atoms with Gasteiger partial charge < -0.3 is 5.32 Å². The van der Waals surface area contributed by atoms with Gasteiger partial charge in [0.1, 0.15) is 6.33 Å². The second-order valence-electron chi connectivity index (χ2n) is 3.48. The van der Waals surface area contributed by atoms with Gasteiger partial charge in [-0.05, 0) is 24.0 Å². The van der Waals surface area contributed by atoms with Gasteiger partial charge in [-0.1, -0.05) is 19.1 Å². The minimum absolute atomic E-state index is 0.726. The number of benzene rings is 1. The topological polar surface area (TPSA) is 37.8 Å². The zero-order valence-electron chi connectivity index (χ0n) is 9.76. The quantitative estimate of drug-likeness (QED) is 0.821. The first kappa shape index (κ1) is 11.9. The fourth-order valence-corrected chi connectivity index (χ4v) is 2.28. The van der Waals surface area contributed by atoms with Crippen LogP contribution >= 0.6 is 11.8 Å². The Balaban J connectivity index is 2.03. The number of aromatic nitrogens is 2. The maximum Gasteiger partial charge on any atom is 0.115 e. The van der Waals surface area contributed by atoms with Crippen LogP contribution in [-0.2, 0) is 6.54 Å². The molecule has 0 bridgehead atoms. The molecule has 0 spiro atoms. The van der Waals surface area contributed by atoms with E-state index >= 15 is 0 Å². The number of nitrogens with zero attached hydrogens (tertiary/aromatic N) is 2. The summed E-state index contributed by atoms with van der Waals surface area (Å²) >= 11 is 1.84. The SMILES string of the molecule is CCSc1ccccc1NCc1ccncn1. The predicted octanol–water partition coefficient (Wildman–Crippen LogP) is 3.20. The van der Waals surface area contributed by atoms with Gasteiger partial charge in [0.15, 0.2) is 0 Å². The molecule has 0 atom stereocenters. The van der Waals surface area contributed by atoms with E-state index in [1.165, 1.54) is 4.90 Å². The van der Waals surface area contributed by atoms with Gasteiger partial charge in [0, 0.05) is 16.8 Å². The lowest BCUT2D eigenvalue weighted by molar-refractivity contribution is 1.00. The van der Waals surface area contributed by atoms with Crippen molar-refractivity contribution in [2.45, 2.75) is 18.4 Å². The minimum atomic E-state index is 0.726. The Bertz CT molecular complexity index is 459. The minimum Gasteiger partial charge on any atom is -0.378 e. The van der Waals surface area contributed by atoms with E-state index in [1.54, 1.807) is 12.5 Å². The molecule has 88 valence electrons. The number of hydrogen-bond donors (Lipinski definition) is 1. The smallest absolute Gasteiger partial charge is 0.115 e. The first-order valence-corrected chi connectivity index (χ1v) is 6.59. The van der Waals surface area contributed by atoms with E-state index in [2.05, 4.69) is 40.4 Å². The molecular weight excluding hydrogens is 230 g/mol. The highest BCUT2D eigenvalue weighted by molar-refractivity contribution is 7.99. The van der Waals surface area contributed by atoms with E-state index in [4.69, 9.17) is 0 Å². The summed E-state index contributed by atoms with van der Waals surface area (Å²) in [5.41, 5.74) is 2.16. The highest BCUT2D eigenvalue weighted by atomic mass is 32.2. The van der Waals surface area contributed by atoms with Gasteiger partial charge in [-0.2, -0.15) is 0 Å². The summed E-state index contributed by atoms with van der Waals surface area (Å²) in [4.78, 5) is 9.37. The Kier molecular flexibility index (Phi) is 4.38. The van der Waals surface area contributed by atoms with Gasteiger partial charge >= 0.3 is 0 Å². The first-order valence-electron chi connectivity index (χ1n) is 5.60. The Hall–Kier alpha value is -1.55. The Morgan fingerprint density at radius 2 is 2.12 bits per heavy atom. The van der Waals surface area contributed by atoms with Crippen molar-refractivity contribution in [1.82, 2.24) is 9.97 Å². The van der Waals surface area contributed by atoms with Crippen LogP contribution in [0.3, 0.4) is 0 Å². The number of para-hydroxylation sites is 1. The van der Waals surface area contributed by atoms with Gasteiger partial charge in [-0.3, -0.25) is 0 Å². The van der Waals surface area contributed by atoms with Crippen LogP contribution in [0.5, 0.6) is 0 Å². The lowest BCUT2D eigenvalue weighted by atomic mass is 10.3. The largest absolute Gasteiger partial charge is 0.378 e. The maximum atomic E-state index is 4.19. The molecule has 2 aromatic rings. The third kappa shape index (κ3) is 3.46. The molecule has 0 saturated heterocycles. The monoisotopic (exact) mass is 245 g/mol. The molecule has 0 saturated carbocycles. The summed E-state index contributed by atoms with van der Waals surface area (Å²) in [6.45, 7) is 2.88.